The van der Waals surface area contributed by atoms with Crippen LogP contribution < -0.4 is 16.0 Å². The molecule has 0 spiro atoms. The van der Waals surface area contributed by atoms with Crippen molar-refractivity contribution in [2.75, 3.05) is 7.11 Å². The van der Waals surface area contributed by atoms with E-state index in [4.69, 9.17) is 10.5 Å². The molecule has 0 saturated heterocycles. The standard InChI is InChI=1S/C17H20N2O2/c1-21-14-8-5-12(6-9-14)15(18)11-19-16-4-2-3-13(16)7-10-17(19)20/h5-10,15H,2-4,11,18H2,1H3. The predicted molar refractivity (Wildman–Crippen MR) is 82.6 cm³/mol. The Labute approximate surface area is 124 Å². The number of ether oxygens (including phenoxy) is 1. The molecule has 2 N–H and O–H groups in total. The fraction of sp³-hybridized carbons (Fsp3) is 0.353. The van der Waals surface area contributed by atoms with E-state index in [1.807, 2.05) is 34.9 Å². The van der Waals surface area contributed by atoms with Gasteiger partial charge in [-0.25, -0.2) is 0 Å². The minimum Gasteiger partial charge on any atom is -0.497 e. The van der Waals surface area contributed by atoms with Gasteiger partial charge in [0.15, 0.2) is 0 Å². The molecule has 1 aromatic carbocycles. The van der Waals surface area contributed by atoms with Crippen molar-refractivity contribution in [1.82, 2.24) is 4.57 Å². The van der Waals surface area contributed by atoms with Crippen LogP contribution in [0, 0.1) is 0 Å². The molecule has 4 heteroatoms. The normalized spacial score (nSPS) is 14.8. The molecular weight excluding hydrogens is 264 g/mol. The number of methoxy groups -OCH3 is 1. The Morgan fingerprint density at radius 2 is 1.95 bits per heavy atom. The van der Waals surface area contributed by atoms with Crippen LogP contribution in [0.1, 0.15) is 29.3 Å². The first kappa shape index (κ1) is 13.9. The zero-order valence-electron chi connectivity index (χ0n) is 12.2. The summed E-state index contributed by atoms with van der Waals surface area (Å²) in [6, 6.07) is 11.1. The fourth-order valence-electron chi connectivity index (χ4n) is 2.99. The number of nitrogens with two attached hydrogens (primary N) is 1. The number of aryl methyl sites for hydroxylation is 1. The van der Waals surface area contributed by atoms with E-state index in [9.17, 15) is 4.79 Å². The lowest BCUT2D eigenvalue weighted by atomic mass is 10.1. The molecule has 1 aliphatic rings. The lowest BCUT2D eigenvalue weighted by Crippen LogP contribution is -2.28. The van der Waals surface area contributed by atoms with Crippen molar-refractivity contribution in [1.29, 1.82) is 0 Å². The van der Waals surface area contributed by atoms with E-state index in [1.165, 1.54) is 5.56 Å². The van der Waals surface area contributed by atoms with Gasteiger partial charge in [0.25, 0.3) is 5.56 Å². The molecule has 0 radical (unpaired) electrons. The number of rotatable bonds is 4. The first-order valence-corrected chi connectivity index (χ1v) is 7.30. The monoisotopic (exact) mass is 284 g/mol. The third-order valence-corrected chi connectivity index (χ3v) is 4.17. The largest absolute Gasteiger partial charge is 0.497 e. The Morgan fingerprint density at radius 3 is 2.67 bits per heavy atom. The van der Waals surface area contributed by atoms with Crippen LogP contribution >= 0.6 is 0 Å². The Morgan fingerprint density at radius 1 is 1.19 bits per heavy atom. The van der Waals surface area contributed by atoms with Gasteiger partial charge in [-0.15, -0.1) is 0 Å². The van der Waals surface area contributed by atoms with Crippen molar-refractivity contribution < 1.29 is 4.74 Å². The number of fused-ring (bicyclic) bond motifs is 1. The highest BCUT2D eigenvalue weighted by Gasteiger charge is 2.17. The second-order valence-corrected chi connectivity index (χ2v) is 5.49. The Bertz CT molecular complexity index is 689. The molecule has 0 fully saturated rings. The third kappa shape index (κ3) is 2.72. The van der Waals surface area contributed by atoms with Gasteiger partial charge in [-0.2, -0.15) is 0 Å². The number of benzene rings is 1. The van der Waals surface area contributed by atoms with Crippen LogP contribution in [0.5, 0.6) is 5.75 Å². The number of pyridine rings is 1. The maximum absolute atomic E-state index is 12.1. The summed E-state index contributed by atoms with van der Waals surface area (Å²) in [7, 11) is 1.64. The second-order valence-electron chi connectivity index (χ2n) is 5.49. The average molecular weight is 284 g/mol. The Kier molecular flexibility index (Phi) is 3.80. The molecule has 1 aliphatic carbocycles. The summed E-state index contributed by atoms with van der Waals surface area (Å²) >= 11 is 0. The first-order chi connectivity index (χ1) is 10.2. The topological polar surface area (TPSA) is 57.2 Å². The molecule has 21 heavy (non-hydrogen) atoms. The molecule has 1 heterocycles. The molecule has 0 aliphatic heterocycles. The van der Waals surface area contributed by atoms with Gasteiger partial charge in [-0.05, 0) is 42.5 Å². The molecule has 0 bridgehead atoms. The average Bonchev–Trinajstić information content (AvgIpc) is 2.99. The van der Waals surface area contributed by atoms with Crippen LogP contribution in [0.15, 0.2) is 41.2 Å². The van der Waals surface area contributed by atoms with E-state index in [2.05, 4.69) is 0 Å². The summed E-state index contributed by atoms with van der Waals surface area (Å²) in [5, 5.41) is 0. The van der Waals surface area contributed by atoms with Crippen molar-refractivity contribution in [3.8, 4) is 5.75 Å². The molecule has 1 atom stereocenters. The van der Waals surface area contributed by atoms with Gasteiger partial charge in [0.1, 0.15) is 5.75 Å². The van der Waals surface area contributed by atoms with Gasteiger partial charge in [-0.1, -0.05) is 18.2 Å². The quantitative estimate of drug-likeness (QED) is 0.934. The van der Waals surface area contributed by atoms with Crippen LogP contribution in [-0.4, -0.2) is 11.7 Å². The molecule has 4 nitrogen and oxygen atoms in total. The second kappa shape index (κ2) is 5.74. The maximum atomic E-state index is 12.1. The van der Waals surface area contributed by atoms with E-state index >= 15 is 0 Å². The van der Waals surface area contributed by atoms with Crippen LogP contribution in [-0.2, 0) is 19.4 Å². The summed E-state index contributed by atoms with van der Waals surface area (Å²) < 4.78 is 7.00. The highest BCUT2D eigenvalue weighted by atomic mass is 16.5. The Hall–Kier alpha value is -2.07. The highest BCUT2D eigenvalue weighted by molar-refractivity contribution is 5.30. The summed E-state index contributed by atoms with van der Waals surface area (Å²) in [5.41, 5.74) is 9.78. The van der Waals surface area contributed by atoms with Crippen molar-refractivity contribution in [3.63, 3.8) is 0 Å². The van der Waals surface area contributed by atoms with Crippen LogP contribution in [0.2, 0.25) is 0 Å². The minimum absolute atomic E-state index is 0.0413. The molecule has 3 rings (SSSR count). The van der Waals surface area contributed by atoms with Crippen molar-refractivity contribution in [2.45, 2.75) is 31.8 Å². The zero-order valence-corrected chi connectivity index (χ0v) is 12.2. The van der Waals surface area contributed by atoms with E-state index < -0.39 is 0 Å². The van der Waals surface area contributed by atoms with Crippen LogP contribution in [0.3, 0.4) is 0 Å². The predicted octanol–water partition coefficient (Wildman–Crippen LogP) is 2.05. The van der Waals surface area contributed by atoms with Crippen molar-refractivity contribution >= 4 is 0 Å². The number of nitrogens with zero attached hydrogens (tertiary/aromatic N) is 1. The van der Waals surface area contributed by atoms with E-state index in [1.54, 1.807) is 13.2 Å². The molecule has 2 aromatic rings. The Balaban J connectivity index is 1.86. The molecule has 1 aromatic heterocycles. The number of hydrogen-bond acceptors (Lipinski definition) is 3. The summed E-state index contributed by atoms with van der Waals surface area (Å²) in [5.74, 6) is 0.809. The van der Waals surface area contributed by atoms with Gasteiger partial charge >= 0.3 is 0 Å². The van der Waals surface area contributed by atoms with Crippen molar-refractivity contribution in [3.05, 3.63) is 63.6 Å². The van der Waals surface area contributed by atoms with Gasteiger partial charge in [0.05, 0.1) is 7.11 Å². The fourth-order valence-corrected chi connectivity index (χ4v) is 2.99. The lowest BCUT2D eigenvalue weighted by Gasteiger charge is -2.17. The first-order valence-electron chi connectivity index (χ1n) is 7.30. The molecular formula is C17H20N2O2. The van der Waals surface area contributed by atoms with Crippen LogP contribution in [0.25, 0.3) is 0 Å². The summed E-state index contributed by atoms with van der Waals surface area (Å²) in [4.78, 5) is 12.1. The smallest absolute Gasteiger partial charge is 0.250 e. The molecule has 110 valence electrons. The van der Waals surface area contributed by atoms with Crippen molar-refractivity contribution in [2.24, 2.45) is 5.73 Å². The van der Waals surface area contributed by atoms with Gasteiger partial charge in [0.2, 0.25) is 0 Å². The van der Waals surface area contributed by atoms with Crippen LogP contribution in [0.4, 0.5) is 0 Å². The van der Waals surface area contributed by atoms with Gasteiger partial charge in [0, 0.05) is 24.3 Å². The molecule has 0 saturated carbocycles. The SMILES string of the molecule is COc1ccc(C(N)Cn2c3c(ccc2=O)CCC3)cc1. The maximum Gasteiger partial charge on any atom is 0.250 e. The number of aromatic nitrogens is 1. The summed E-state index contributed by atoms with van der Waals surface area (Å²) in [6.07, 6.45) is 3.16. The van der Waals surface area contributed by atoms with E-state index in [0.29, 0.717) is 6.54 Å². The number of hydrogen-bond donors (Lipinski definition) is 1. The highest BCUT2D eigenvalue weighted by Crippen LogP contribution is 2.22. The van der Waals surface area contributed by atoms with Gasteiger partial charge < -0.3 is 15.0 Å². The zero-order chi connectivity index (χ0) is 14.8. The molecule has 1 unspecified atom stereocenters. The van der Waals surface area contributed by atoms with E-state index in [0.717, 1.165) is 36.3 Å². The minimum atomic E-state index is -0.194. The molecule has 0 amide bonds. The third-order valence-electron chi connectivity index (χ3n) is 4.17. The summed E-state index contributed by atoms with van der Waals surface area (Å²) in [6.45, 7) is 0.522. The lowest BCUT2D eigenvalue weighted by molar-refractivity contribution is 0.414. The van der Waals surface area contributed by atoms with Gasteiger partial charge in [-0.3, -0.25) is 4.79 Å². The van der Waals surface area contributed by atoms with E-state index in [-0.39, 0.29) is 11.6 Å².